The number of rotatable bonds is 5. The molecule has 3 aromatic heterocycles. The number of halogens is 1. The summed E-state index contributed by atoms with van der Waals surface area (Å²) in [7, 11) is 0. The van der Waals surface area contributed by atoms with E-state index < -0.39 is 6.10 Å². The summed E-state index contributed by atoms with van der Waals surface area (Å²) < 4.78 is 16.9. The van der Waals surface area contributed by atoms with Crippen molar-refractivity contribution in [1.29, 1.82) is 0 Å². The Hall–Kier alpha value is -3.58. The van der Waals surface area contributed by atoms with E-state index in [0.29, 0.717) is 23.1 Å². The third-order valence-electron chi connectivity index (χ3n) is 6.50. The van der Waals surface area contributed by atoms with Crippen molar-refractivity contribution in [1.82, 2.24) is 19.9 Å². The van der Waals surface area contributed by atoms with E-state index >= 15 is 4.39 Å². The topological polar surface area (TPSA) is 80.0 Å². The molecule has 0 spiro atoms. The van der Waals surface area contributed by atoms with Gasteiger partial charge in [0, 0.05) is 29.2 Å². The summed E-state index contributed by atoms with van der Waals surface area (Å²) in [5.41, 5.74) is 4.56. The number of aliphatic hydroxyl groups excluding tert-OH is 1. The maximum absolute atomic E-state index is 15.1. The maximum atomic E-state index is 15.1. The second kappa shape index (κ2) is 9.35. The lowest BCUT2D eigenvalue weighted by molar-refractivity contribution is 0.0718. The van der Waals surface area contributed by atoms with Gasteiger partial charge in [0.2, 0.25) is 0 Å². The molecule has 0 bridgehead atoms. The van der Waals surface area contributed by atoms with Crippen LogP contribution in [0.5, 0.6) is 0 Å². The van der Waals surface area contributed by atoms with Gasteiger partial charge in [0.1, 0.15) is 11.3 Å². The van der Waals surface area contributed by atoms with E-state index in [1.165, 1.54) is 6.07 Å². The van der Waals surface area contributed by atoms with Crippen LogP contribution in [0.2, 0.25) is 0 Å². The highest BCUT2D eigenvalue weighted by Crippen LogP contribution is 2.25. The van der Waals surface area contributed by atoms with E-state index in [-0.39, 0.29) is 24.3 Å². The number of aromatic nitrogens is 3. The molecule has 7 heteroatoms. The molecule has 2 atom stereocenters. The Labute approximate surface area is 197 Å². The second-order valence-electron chi connectivity index (χ2n) is 8.94. The summed E-state index contributed by atoms with van der Waals surface area (Å²) >= 11 is 0. The van der Waals surface area contributed by atoms with Gasteiger partial charge in [-0.2, -0.15) is 0 Å². The SMILES string of the molecule is Cc1cccc(-c2ccc(Cn3cc(C(=O)NC4CCCCC4O)c4ncccc43)c(F)c2)n1. The van der Waals surface area contributed by atoms with Crippen molar-refractivity contribution in [3.8, 4) is 11.3 Å². The van der Waals surface area contributed by atoms with Crippen LogP contribution >= 0.6 is 0 Å². The number of hydrogen-bond donors (Lipinski definition) is 2. The second-order valence-corrected chi connectivity index (χ2v) is 8.94. The predicted octanol–water partition coefficient (Wildman–Crippen LogP) is 4.63. The summed E-state index contributed by atoms with van der Waals surface area (Å²) in [4.78, 5) is 22.0. The molecule has 5 rings (SSSR count). The molecule has 0 saturated heterocycles. The van der Waals surface area contributed by atoms with Gasteiger partial charge in [-0.05, 0) is 50.1 Å². The van der Waals surface area contributed by atoms with Crippen LogP contribution in [0.4, 0.5) is 4.39 Å². The van der Waals surface area contributed by atoms with Crippen molar-refractivity contribution in [3.05, 3.63) is 83.6 Å². The van der Waals surface area contributed by atoms with Crippen LogP contribution in [-0.4, -0.2) is 37.7 Å². The first-order valence-corrected chi connectivity index (χ1v) is 11.6. The number of aliphatic hydroxyl groups is 1. The Bertz CT molecular complexity index is 1350. The van der Waals surface area contributed by atoms with Gasteiger partial charge in [-0.3, -0.25) is 14.8 Å². The molecule has 2 N–H and O–H groups in total. The number of amides is 1. The predicted molar refractivity (Wildman–Crippen MR) is 129 cm³/mol. The summed E-state index contributed by atoms with van der Waals surface area (Å²) in [6.45, 7) is 2.16. The molecule has 1 fully saturated rings. The average molecular weight is 459 g/mol. The average Bonchev–Trinajstić information content (AvgIpc) is 3.20. The molecular formula is C27H27FN4O2. The van der Waals surface area contributed by atoms with Crippen molar-refractivity contribution in [2.45, 2.75) is 51.3 Å². The first-order valence-electron chi connectivity index (χ1n) is 11.6. The van der Waals surface area contributed by atoms with E-state index in [0.717, 1.165) is 41.7 Å². The zero-order chi connectivity index (χ0) is 23.7. The highest BCUT2D eigenvalue weighted by Gasteiger charge is 2.26. The lowest BCUT2D eigenvalue weighted by Crippen LogP contribution is -2.45. The molecule has 1 aliphatic rings. The maximum Gasteiger partial charge on any atom is 0.255 e. The molecule has 6 nitrogen and oxygen atoms in total. The van der Waals surface area contributed by atoms with Gasteiger partial charge in [0.15, 0.2) is 0 Å². The van der Waals surface area contributed by atoms with Gasteiger partial charge in [-0.25, -0.2) is 4.39 Å². The molecule has 34 heavy (non-hydrogen) atoms. The van der Waals surface area contributed by atoms with Gasteiger partial charge >= 0.3 is 0 Å². The lowest BCUT2D eigenvalue weighted by atomic mass is 9.92. The zero-order valence-electron chi connectivity index (χ0n) is 19.0. The smallest absolute Gasteiger partial charge is 0.255 e. The quantitative estimate of drug-likeness (QED) is 0.457. The largest absolute Gasteiger partial charge is 0.391 e. The van der Waals surface area contributed by atoms with E-state index in [9.17, 15) is 9.90 Å². The van der Waals surface area contributed by atoms with Crippen LogP contribution in [0, 0.1) is 12.7 Å². The molecule has 0 radical (unpaired) electrons. The Kier molecular flexibility index (Phi) is 6.11. The number of pyridine rings is 2. The van der Waals surface area contributed by atoms with Crippen LogP contribution < -0.4 is 5.32 Å². The fourth-order valence-corrected chi connectivity index (χ4v) is 4.67. The summed E-state index contributed by atoms with van der Waals surface area (Å²) in [5.74, 6) is -0.599. The molecule has 4 aromatic rings. The number of nitrogens with zero attached hydrogens (tertiary/aromatic N) is 3. The van der Waals surface area contributed by atoms with Crippen LogP contribution in [0.25, 0.3) is 22.3 Å². The van der Waals surface area contributed by atoms with Crippen LogP contribution in [0.1, 0.15) is 47.3 Å². The van der Waals surface area contributed by atoms with Crippen molar-refractivity contribution >= 4 is 16.9 Å². The van der Waals surface area contributed by atoms with E-state index in [1.807, 2.05) is 41.8 Å². The molecular weight excluding hydrogens is 431 g/mol. The lowest BCUT2D eigenvalue weighted by Gasteiger charge is -2.28. The Morgan fingerprint density at radius 1 is 1.18 bits per heavy atom. The van der Waals surface area contributed by atoms with Gasteiger partial charge in [0.05, 0.1) is 35.5 Å². The summed E-state index contributed by atoms with van der Waals surface area (Å²) in [6.07, 6.45) is 6.23. The number of benzene rings is 1. The molecule has 174 valence electrons. The number of carbonyl (C=O) groups is 1. The zero-order valence-corrected chi connectivity index (χ0v) is 19.0. The summed E-state index contributed by atoms with van der Waals surface area (Å²) in [6, 6.07) is 14.2. The van der Waals surface area contributed by atoms with Gasteiger partial charge in [-0.1, -0.05) is 31.0 Å². The van der Waals surface area contributed by atoms with E-state index in [4.69, 9.17) is 0 Å². The third-order valence-corrected chi connectivity index (χ3v) is 6.50. The van der Waals surface area contributed by atoms with Gasteiger partial charge in [-0.15, -0.1) is 0 Å². The third kappa shape index (κ3) is 4.43. The molecule has 1 saturated carbocycles. The van der Waals surface area contributed by atoms with Crippen molar-refractivity contribution in [3.63, 3.8) is 0 Å². The van der Waals surface area contributed by atoms with Crippen LogP contribution in [0.3, 0.4) is 0 Å². The molecule has 1 aromatic carbocycles. The Morgan fingerprint density at radius 3 is 2.82 bits per heavy atom. The molecule has 1 aliphatic carbocycles. The van der Waals surface area contributed by atoms with Crippen molar-refractivity contribution < 1.29 is 14.3 Å². The minimum atomic E-state index is -0.533. The number of nitrogens with one attached hydrogen (secondary N) is 1. The molecule has 3 heterocycles. The van der Waals surface area contributed by atoms with Crippen molar-refractivity contribution in [2.75, 3.05) is 0 Å². The number of carbonyl (C=O) groups excluding carboxylic acids is 1. The van der Waals surface area contributed by atoms with Crippen LogP contribution in [0.15, 0.2) is 60.9 Å². The number of aryl methyl sites for hydroxylation is 1. The molecule has 1 amide bonds. The fourth-order valence-electron chi connectivity index (χ4n) is 4.67. The van der Waals surface area contributed by atoms with E-state index in [1.54, 1.807) is 24.5 Å². The normalized spacial score (nSPS) is 18.2. The highest BCUT2D eigenvalue weighted by molar-refractivity contribution is 6.05. The molecule has 0 aliphatic heterocycles. The van der Waals surface area contributed by atoms with Crippen molar-refractivity contribution in [2.24, 2.45) is 0 Å². The highest BCUT2D eigenvalue weighted by atomic mass is 19.1. The minimum Gasteiger partial charge on any atom is -0.391 e. The number of fused-ring (bicyclic) bond motifs is 1. The Morgan fingerprint density at radius 2 is 2.03 bits per heavy atom. The monoisotopic (exact) mass is 458 g/mol. The fraction of sp³-hybridized carbons (Fsp3) is 0.296. The van der Waals surface area contributed by atoms with E-state index in [2.05, 4.69) is 15.3 Å². The number of hydrogen-bond acceptors (Lipinski definition) is 4. The van der Waals surface area contributed by atoms with Gasteiger partial charge in [0.25, 0.3) is 5.91 Å². The van der Waals surface area contributed by atoms with Crippen LogP contribution in [-0.2, 0) is 6.54 Å². The standard InChI is InChI=1S/C27H27FN4O2/c1-17-6-4-8-22(30-17)18-11-12-19(21(28)14-18)15-32-16-20(26-24(32)9-5-13-29-26)27(34)31-23-7-2-3-10-25(23)33/h4-6,8-9,11-14,16,23,25,33H,2-3,7,10,15H2,1H3,(H,31,34). The van der Waals surface area contributed by atoms with Gasteiger partial charge < -0.3 is 15.0 Å². The molecule has 2 unspecified atom stereocenters. The minimum absolute atomic E-state index is 0.259. The first kappa shape index (κ1) is 22.2. The summed E-state index contributed by atoms with van der Waals surface area (Å²) in [5, 5.41) is 13.2. The first-order chi connectivity index (χ1) is 16.5. The Balaban J connectivity index is 1.43.